The normalized spacial score (nSPS) is 11.8. The van der Waals surface area contributed by atoms with E-state index in [2.05, 4.69) is 15.2 Å². The van der Waals surface area contributed by atoms with Gasteiger partial charge in [-0.05, 0) is 23.1 Å². The van der Waals surface area contributed by atoms with E-state index in [0.29, 0.717) is 16.3 Å². The molecule has 3 aromatic rings. The van der Waals surface area contributed by atoms with Crippen LogP contribution in [-0.2, 0) is 6.42 Å². The second-order valence-electron chi connectivity index (χ2n) is 4.39. The second-order valence-corrected chi connectivity index (χ2v) is 5.91. The van der Waals surface area contributed by atoms with Crippen LogP contribution in [0.3, 0.4) is 0 Å². The van der Waals surface area contributed by atoms with Crippen molar-refractivity contribution >= 4 is 34.5 Å². The summed E-state index contributed by atoms with van der Waals surface area (Å²) in [5.41, 5.74) is 1.62. The maximum Gasteiger partial charge on any atom is 0.225 e. The number of furan rings is 1. The van der Waals surface area contributed by atoms with E-state index in [9.17, 15) is 9.90 Å². The van der Waals surface area contributed by atoms with Crippen LogP contribution in [0, 0.1) is 0 Å². The van der Waals surface area contributed by atoms with Gasteiger partial charge in [-0.25, -0.2) is 4.98 Å². The maximum absolute atomic E-state index is 12.2. The fraction of sp³-hybridized carbons (Fsp3) is 0.0714. The fourth-order valence-corrected chi connectivity index (χ4v) is 2.86. The predicted molar refractivity (Wildman–Crippen MR) is 82.2 cm³/mol. The minimum Gasteiger partial charge on any atom is -0.504 e. The van der Waals surface area contributed by atoms with Gasteiger partial charge in [0.25, 0.3) is 0 Å². The number of aliphatic hydroxyl groups excluding tert-OH is 1. The van der Waals surface area contributed by atoms with Crippen LogP contribution in [0.15, 0.2) is 40.6 Å². The van der Waals surface area contributed by atoms with Gasteiger partial charge in [-0.15, -0.1) is 11.3 Å². The van der Waals surface area contributed by atoms with Crippen LogP contribution in [-0.4, -0.2) is 26.1 Å². The molecule has 0 aliphatic heterocycles. The number of aromatic amines is 1. The standard InChI is InChI=1S/C14H10ClN3O3S/c15-13-9(2-4-22-13)5-8-1-3-21-12(8)10(19)6-11(20)14-16-7-17-18-14/h1-4,6-7,20H,5H2,(H,16,17,18). The second kappa shape index (κ2) is 6.17. The summed E-state index contributed by atoms with van der Waals surface area (Å²) in [6, 6.07) is 3.61. The maximum atomic E-state index is 12.2. The molecule has 0 radical (unpaired) electrons. The Morgan fingerprint density at radius 2 is 2.32 bits per heavy atom. The first-order valence-corrected chi connectivity index (χ1v) is 7.50. The molecule has 112 valence electrons. The van der Waals surface area contributed by atoms with Crippen molar-refractivity contribution in [2.45, 2.75) is 6.42 Å². The van der Waals surface area contributed by atoms with Crippen LogP contribution in [0.25, 0.3) is 5.76 Å². The van der Waals surface area contributed by atoms with Gasteiger partial charge in [0, 0.05) is 18.1 Å². The van der Waals surface area contributed by atoms with E-state index in [1.165, 1.54) is 23.9 Å². The molecule has 0 unspecified atom stereocenters. The Hall–Kier alpha value is -2.38. The molecule has 0 spiro atoms. The molecule has 0 saturated heterocycles. The van der Waals surface area contributed by atoms with Gasteiger partial charge in [-0.3, -0.25) is 9.89 Å². The summed E-state index contributed by atoms with van der Waals surface area (Å²) < 4.78 is 5.92. The van der Waals surface area contributed by atoms with Gasteiger partial charge in [0.05, 0.1) is 10.6 Å². The lowest BCUT2D eigenvalue weighted by atomic mass is 10.1. The van der Waals surface area contributed by atoms with Crippen molar-refractivity contribution in [3.8, 4) is 0 Å². The third-order valence-electron chi connectivity index (χ3n) is 2.96. The molecule has 0 amide bonds. The number of halogens is 1. The molecule has 0 aromatic carbocycles. The first kappa shape index (κ1) is 14.6. The molecule has 6 nitrogen and oxygen atoms in total. The Balaban J connectivity index is 1.84. The van der Waals surface area contributed by atoms with Crippen LogP contribution in [0.4, 0.5) is 0 Å². The quantitative estimate of drug-likeness (QED) is 0.423. The van der Waals surface area contributed by atoms with Gasteiger partial charge in [-0.2, -0.15) is 5.10 Å². The van der Waals surface area contributed by atoms with E-state index in [4.69, 9.17) is 16.0 Å². The van der Waals surface area contributed by atoms with E-state index in [0.717, 1.165) is 11.6 Å². The van der Waals surface area contributed by atoms with E-state index >= 15 is 0 Å². The highest BCUT2D eigenvalue weighted by molar-refractivity contribution is 7.14. The molecule has 3 aromatic heterocycles. The number of hydrogen-bond acceptors (Lipinski definition) is 6. The van der Waals surface area contributed by atoms with Crippen LogP contribution >= 0.6 is 22.9 Å². The number of nitrogens with one attached hydrogen (secondary N) is 1. The van der Waals surface area contributed by atoms with Crippen LogP contribution in [0.2, 0.25) is 4.34 Å². The molecule has 0 aliphatic rings. The summed E-state index contributed by atoms with van der Waals surface area (Å²) in [4.78, 5) is 16.0. The number of carbonyl (C=O) groups is 1. The Morgan fingerprint density at radius 3 is 3.00 bits per heavy atom. The number of rotatable bonds is 5. The number of aliphatic hydroxyl groups is 1. The number of H-pyrrole nitrogens is 1. The molecule has 3 rings (SSSR count). The minimum absolute atomic E-state index is 0.0438. The molecule has 0 atom stereocenters. The number of allylic oxidation sites excluding steroid dienone is 1. The summed E-state index contributed by atoms with van der Waals surface area (Å²) in [5.74, 6) is -0.595. The van der Waals surface area contributed by atoms with Crippen LogP contribution < -0.4 is 0 Å². The molecule has 22 heavy (non-hydrogen) atoms. The van der Waals surface area contributed by atoms with Crippen LogP contribution in [0.5, 0.6) is 0 Å². The third kappa shape index (κ3) is 2.95. The summed E-state index contributed by atoms with van der Waals surface area (Å²) in [7, 11) is 0. The smallest absolute Gasteiger partial charge is 0.225 e. The minimum atomic E-state index is -0.464. The summed E-state index contributed by atoms with van der Waals surface area (Å²) in [6.45, 7) is 0. The Morgan fingerprint density at radius 1 is 1.45 bits per heavy atom. The topological polar surface area (TPSA) is 92.0 Å². The lowest BCUT2D eigenvalue weighted by molar-refractivity contribution is 0.102. The van der Waals surface area contributed by atoms with Gasteiger partial charge < -0.3 is 9.52 Å². The average Bonchev–Trinajstić information content (AvgIpc) is 3.22. The molecule has 0 bridgehead atoms. The molecule has 0 fully saturated rings. The highest BCUT2D eigenvalue weighted by Crippen LogP contribution is 2.27. The van der Waals surface area contributed by atoms with Crippen molar-refractivity contribution in [1.29, 1.82) is 0 Å². The van der Waals surface area contributed by atoms with E-state index in [1.807, 2.05) is 11.4 Å². The van der Waals surface area contributed by atoms with Gasteiger partial charge in [0.2, 0.25) is 11.6 Å². The lowest BCUT2D eigenvalue weighted by Gasteiger charge is -2.00. The average molecular weight is 336 g/mol. The van der Waals surface area contributed by atoms with Crippen molar-refractivity contribution in [1.82, 2.24) is 15.2 Å². The molecule has 0 aliphatic carbocycles. The SMILES string of the molecule is O=C(C=C(O)c1nc[nH]n1)c1occc1Cc1ccsc1Cl. The predicted octanol–water partition coefficient (Wildman–Crippen LogP) is 3.49. The van der Waals surface area contributed by atoms with E-state index in [-0.39, 0.29) is 17.3 Å². The first-order chi connectivity index (χ1) is 10.6. The summed E-state index contributed by atoms with van der Waals surface area (Å²) in [6.07, 6.45) is 4.25. The number of carbonyl (C=O) groups excluding carboxylic acids is 1. The molecule has 2 N–H and O–H groups in total. The fourth-order valence-electron chi connectivity index (χ4n) is 1.93. The Kier molecular flexibility index (Phi) is 4.08. The zero-order valence-corrected chi connectivity index (χ0v) is 12.7. The molecule has 3 heterocycles. The highest BCUT2D eigenvalue weighted by Gasteiger charge is 2.17. The summed E-state index contributed by atoms with van der Waals surface area (Å²) in [5, 5.41) is 17.8. The molecule has 0 saturated carbocycles. The molecular weight excluding hydrogens is 326 g/mol. The van der Waals surface area contributed by atoms with Gasteiger partial charge >= 0.3 is 0 Å². The number of hydrogen-bond donors (Lipinski definition) is 2. The zero-order valence-electron chi connectivity index (χ0n) is 11.1. The van der Waals surface area contributed by atoms with Crippen molar-refractivity contribution < 1.29 is 14.3 Å². The number of aromatic nitrogens is 3. The number of ketones is 1. The largest absolute Gasteiger partial charge is 0.504 e. The molecule has 8 heteroatoms. The zero-order chi connectivity index (χ0) is 15.5. The van der Waals surface area contributed by atoms with Crippen LogP contribution in [0.1, 0.15) is 27.5 Å². The van der Waals surface area contributed by atoms with Gasteiger partial charge in [0.1, 0.15) is 6.33 Å². The Labute approximate surface area is 134 Å². The lowest BCUT2D eigenvalue weighted by Crippen LogP contribution is -2.00. The number of nitrogens with zero attached hydrogens (tertiary/aromatic N) is 2. The van der Waals surface area contributed by atoms with Gasteiger partial charge in [0.15, 0.2) is 11.5 Å². The van der Waals surface area contributed by atoms with Gasteiger partial charge in [-0.1, -0.05) is 11.6 Å². The molecular formula is C14H10ClN3O3S. The third-order valence-corrected chi connectivity index (χ3v) is 4.21. The van der Waals surface area contributed by atoms with Crippen molar-refractivity contribution in [2.75, 3.05) is 0 Å². The number of thiophene rings is 1. The highest BCUT2D eigenvalue weighted by atomic mass is 35.5. The summed E-state index contributed by atoms with van der Waals surface area (Å²) >= 11 is 7.50. The Bertz CT molecular complexity index is 820. The van der Waals surface area contributed by atoms with E-state index in [1.54, 1.807) is 6.07 Å². The van der Waals surface area contributed by atoms with Crippen molar-refractivity contribution in [2.24, 2.45) is 0 Å². The van der Waals surface area contributed by atoms with Crippen molar-refractivity contribution in [3.63, 3.8) is 0 Å². The first-order valence-electron chi connectivity index (χ1n) is 6.24. The monoisotopic (exact) mass is 335 g/mol. The van der Waals surface area contributed by atoms with Crippen molar-refractivity contribution in [3.05, 3.63) is 63.2 Å². The van der Waals surface area contributed by atoms with E-state index < -0.39 is 5.78 Å².